The first-order valence-electron chi connectivity index (χ1n) is 10.2. The zero-order valence-corrected chi connectivity index (χ0v) is 16.6. The summed E-state index contributed by atoms with van der Waals surface area (Å²) in [6.07, 6.45) is 1.24. The lowest BCUT2D eigenvalue weighted by Gasteiger charge is -2.27. The van der Waals surface area contributed by atoms with Crippen molar-refractivity contribution in [2.24, 2.45) is 0 Å². The molecule has 0 spiro atoms. The maximum Gasteiger partial charge on any atom is 0.262 e. The van der Waals surface area contributed by atoms with Crippen molar-refractivity contribution < 1.29 is 19.2 Å². The number of carbonyl (C=O) groups excluding carboxylic acids is 4. The predicted octanol–water partition coefficient (Wildman–Crippen LogP) is -0.105. The summed E-state index contributed by atoms with van der Waals surface area (Å²) in [5.41, 5.74) is 1.29. The summed E-state index contributed by atoms with van der Waals surface area (Å²) in [4.78, 5) is 54.6. The van der Waals surface area contributed by atoms with Crippen molar-refractivity contribution in [2.75, 3.05) is 18.4 Å². The zero-order valence-electron chi connectivity index (χ0n) is 16.6. The molecule has 31 heavy (non-hydrogen) atoms. The van der Waals surface area contributed by atoms with Gasteiger partial charge in [0.2, 0.25) is 17.8 Å². The number of imide groups is 2. The summed E-state index contributed by atoms with van der Waals surface area (Å²) in [6, 6.07) is 4.01. The number of piperidine rings is 1. The van der Waals surface area contributed by atoms with Crippen molar-refractivity contribution in [3.05, 3.63) is 40.7 Å². The normalized spacial score (nSPS) is 23.3. The summed E-state index contributed by atoms with van der Waals surface area (Å²) in [5.74, 6) is -0.429. The van der Waals surface area contributed by atoms with Crippen molar-refractivity contribution in [3.63, 3.8) is 0 Å². The topological polar surface area (TPSA) is 149 Å². The molecule has 2 aromatic rings. The molecule has 0 radical (unpaired) electrons. The third kappa shape index (κ3) is 3.46. The number of H-pyrrole nitrogens is 1. The molecule has 0 saturated carbocycles. The zero-order chi connectivity index (χ0) is 21.5. The molecule has 2 fully saturated rings. The Kier molecular flexibility index (Phi) is 4.74. The number of hydrogen-bond donors (Lipinski definition) is 4. The second-order valence-electron chi connectivity index (χ2n) is 7.91. The molecule has 4 amide bonds. The van der Waals surface area contributed by atoms with E-state index >= 15 is 0 Å². The summed E-state index contributed by atoms with van der Waals surface area (Å²) in [7, 11) is 0. The van der Waals surface area contributed by atoms with Gasteiger partial charge in [0.15, 0.2) is 0 Å². The Balaban J connectivity index is 1.29. The number of fused-ring (bicyclic) bond motifs is 1. The van der Waals surface area contributed by atoms with E-state index in [9.17, 15) is 19.2 Å². The van der Waals surface area contributed by atoms with E-state index in [2.05, 4.69) is 31.1 Å². The first-order valence-corrected chi connectivity index (χ1v) is 10.2. The largest absolute Gasteiger partial charge is 0.349 e. The molecule has 0 aliphatic carbocycles. The van der Waals surface area contributed by atoms with E-state index in [1.165, 1.54) is 0 Å². The molecule has 11 nitrogen and oxygen atoms in total. The smallest absolute Gasteiger partial charge is 0.262 e. The second-order valence-corrected chi connectivity index (χ2v) is 7.91. The Morgan fingerprint density at radius 3 is 2.71 bits per heavy atom. The highest BCUT2D eigenvalue weighted by Crippen LogP contribution is 2.28. The summed E-state index contributed by atoms with van der Waals surface area (Å²) >= 11 is 0. The quantitative estimate of drug-likeness (QED) is 0.487. The van der Waals surface area contributed by atoms with E-state index in [1.807, 2.05) is 0 Å². The molecule has 1 aromatic carbocycles. The van der Waals surface area contributed by atoms with Gasteiger partial charge in [0.05, 0.1) is 11.1 Å². The van der Waals surface area contributed by atoms with Gasteiger partial charge in [-0.05, 0) is 37.1 Å². The number of nitrogens with zero attached hydrogens (tertiary/aromatic N) is 3. The number of carbonyl (C=O) groups is 4. The Morgan fingerprint density at radius 2 is 1.94 bits per heavy atom. The van der Waals surface area contributed by atoms with Gasteiger partial charge in [-0.15, -0.1) is 5.10 Å². The van der Waals surface area contributed by atoms with Crippen LogP contribution in [0.2, 0.25) is 0 Å². The van der Waals surface area contributed by atoms with Crippen molar-refractivity contribution in [3.8, 4) is 0 Å². The highest BCUT2D eigenvalue weighted by Gasteiger charge is 2.44. The van der Waals surface area contributed by atoms with Gasteiger partial charge in [0.25, 0.3) is 11.8 Å². The van der Waals surface area contributed by atoms with Gasteiger partial charge in [0.1, 0.15) is 11.9 Å². The van der Waals surface area contributed by atoms with Crippen molar-refractivity contribution in [2.45, 2.75) is 37.8 Å². The van der Waals surface area contributed by atoms with Gasteiger partial charge in [-0.3, -0.25) is 34.5 Å². The molecule has 2 saturated heterocycles. The van der Waals surface area contributed by atoms with Gasteiger partial charge in [-0.25, -0.2) is 0 Å². The lowest BCUT2D eigenvalue weighted by Crippen LogP contribution is -2.54. The van der Waals surface area contributed by atoms with Gasteiger partial charge in [-0.2, -0.15) is 4.98 Å². The maximum atomic E-state index is 12.9. The fourth-order valence-corrected chi connectivity index (χ4v) is 4.23. The number of benzene rings is 1. The molecule has 2 unspecified atom stereocenters. The summed E-state index contributed by atoms with van der Waals surface area (Å²) < 4.78 is 0. The highest BCUT2D eigenvalue weighted by atomic mass is 16.2. The molecule has 4 heterocycles. The molecule has 2 atom stereocenters. The average Bonchev–Trinajstić information content (AvgIpc) is 3.49. The maximum absolute atomic E-state index is 12.9. The van der Waals surface area contributed by atoms with Gasteiger partial charge < -0.3 is 10.6 Å². The van der Waals surface area contributed by atoms with Crippen LogP contribution in [-0.4, -0.2) is 62.8 Å². The third-order valence-electron chi connectivity index (χ3n) is 5.90. The van der Waals surface area contributed by atoms with Crippen molar-refractivity contribution in [1.29, 1.82) is 0 Å². The van der Waals surface area contributed by atoms with E-state index in [-0.39, 0.29) is 24.0 Å². The Labute approximate surface area is 177 Å². The molecule has 160 valence electrons. The summed E-state index contributed by atoms with van der Waals surface area (Å²) in [6.45, 7) is 2.21. The standard InChI is InChI=1S/C20H21N7O4/c28-15-4-3-14(17(29)23-15)27-18(30)12-2-1-10(7-13(12)19(27)31)8-22-20-24-16(25-26-20)11-5-6-21-9-11/h1-2,7,11,14,21H,3-6,8-9H2,(H,23,28,29)(H2,22,24,25,26). The molecule has 3 aliphatic rings. The SMILES string of the molecule is O=C1CCC(N2C(=O)c3ccc(CNc4n[nH]c(C5CCNC5)n4)cc3C2=O)C(=O)N1. The van der Waals surface area contributed by atoms with Crippen LogP contribution in [0.5, 0.6) is 0 Å². The first kappa shape index (κ1) is 19.4. The number of rotatable bonds is 5. The van der Waals surface area contributed by atoms with Gasteiger partial charge in [-0.1, -0.05) is 6.07 Å². The van der Waals surface area contributed by atoms with Crippen LogP contribution >= 0.6 is 0 Å². The van der Waals surface area contributed by atoms with E-state index in [0.29, 0.717) is 18.4 Å². The van der Waals surface area contributed by atoms with E-state index in [4.69, 9.17) is 0 Å². The first-order chi connectivity index (χ1) is 15.0. The number of hydrogen-bond acceptors (Lipinski definition) is 8. The van der Waals surface area contributed by atoms with Crippen molar-refractivity contribution in [1.82, 2.24) is 30.7 Å². The van der Waals surface area contributed by atoms with E-state index in [1.54, 1.807) is 18.2 Å². The van der Waals surface area contributed by atoms with Crippen LogP contribution < -0.4 is 16.0 Å². The minimum absolute atomic E-state index is 0.0918. The Morgan fingerprint density at radius 1 is 1.10 bits per heavy atom. The molecule has 1 aromatic heterocycles. The second kappa shape index (κ2) is 7.58. The number of nitrogens with one attached hydrogen (secondary N) is 4. The molecule has 11 heteroatoms. The van der Waals surface area contributed by atoms with Crippen LogP contribution in [0.4, 0.5) is 5.95 Å². The molecule has 4 N–H and O–H groups in total. The fraction of sp³-hybridized carbons (Fsp3) is 0.400. The highest BCUT2D eigenvalue weighted by molar-refractivity contribution is 6.23. The molecular weight excluding hydrogens is 402 g/mol. The van der Waals surface area contributed by atoms with Crippen LogP contribution in [0.3, 0.4) is 0 Å². The fourth-order valence-electron chi connectivity index (χ4n) is 4.23. The van der Waals surface area contributed by atoms with Crippen LogP contribution in [0.15, 0.2) is 18.2 Å². The number of amides is 4. The summed E-state index contributed by atoms with van der Waals surface area (Å²) in [5, 5.41) is 15.7. The molecule has 0 bridgehead atoms. The van der Waals surface area contributed by atoms with Crippen LogP contribution in [0.1, 0.15) is 57.3 Å². The predicted molar refractivity (Wildman–Crippen MR) is 107 cm³/mol. The minimum Gasteiger partial charge on any atom is -0.349 e. The lowest BCUT2D eigenvalue weighted by atomic mass is 10.0. The number of anilines is 1. The van der Waals surface area contributed by atoms with Crippen molar-refractivity contribution >= 4 is 29.6 Å². The number of aromatic nitrogens is 3. The Bertz CT molecular complexity index is 1090. The van der Waals surface area contributed by atoms with Gasteiger partial charge >= 0.3 is 0 Å². The monoisotopic (exact) mass is 423 g/mol. The molecule has 5 rings (SSSR count). The van der Waals surface area contributed by atoms with Crippen LogP contribution in [0, 0.1) is 0 Å². The number of aromatic amines is 1. The lowest BCUT2D eigenvalue weighted by molar-refractivity contribution is -0.136. The van der Waals surface area contributed by atoms with E-state index in [0.717, 1.165) is 35.8 Å². The van der Waals surface area contributed by atoms with Crippen LogP contribution in [-0.2, 0) is 16.1 Å². The van der Waals surface area contributed by atoms with Crippen LogP contribution in [0.25, 0.3) is 0 Å². The third-order valence-corrected chi connectivity index (χ3v) is 5.90. The Hall–Kier alpha value is -3.60. The van der Waals surface area contributed by atoms with E-state index < -0.39 is 29.7 Å². The van der Waals surface area contributed by atoms with Gasteiger partial charge in [0, 0.05) is 25.4 Å². The minimum atomic E-state index is -0.969. The molecular formula is C20H21N7O4. The average molecular weight is 423 g/mol. The molecule has 3 aliphatic heterocycles.